The summed E-state index contributed by atoms with van der Waals surface area (Å²) < 4.78 is 46.8. The molecule has 0 saturated heterocycles. The first-order valence-electron chi connectivity index (χ1n) is 10.8. The molecule has 0 atom stereocenters. The second-order valence-electron chi connectivity index (χ2n) is 8.24. The summed E-state index contributed by atoms with van der Waals surface area (Å²) in [4.78, 5) is 21.6. The molecule has 0 bridgehead atoms. The largest absolute Gasteiger partial charge is 0.474 e. The van der Waals surface area contributed by atoms with Gasteiger partial charge in [0, 0.05) is 41.8 Å². The summed E-state index contributed by atoms with van der Waals surface area (Å²) in [5.41, 5.74) is 2.05. The molecular formula is C23H20ClF3N6O. The van der Waals surface area contributed by atoms with Crippen molar-refractivity contribution in [3.8, 4) is 23.0 Å². The average molecular weight is 489 g/mol. The number of halogens is 4. The van der Waals surface area contributed by atoms with Crippen molar-refractivity contribution >= 4 is 22.5 Å². The molecular weight excluding hydrogens is 469 g/mol. The third kappa shape index (κ3) is 4.42. The number of nitrogens with zero attached hydrogens (tertiary/aromatic N) is 6. The minimum atomic E-state index is -4.16. The summed E-state index contributed by atoms with van der Waals surface area (Å²) in [7, 11) is 0. The lowest BCUT2D eigenvalue weighted by Crippen LogP contribution is -2.32. The van der Waals surface area contributed by atoms with Crippen LogP contribution in [0.4, 0.5) is 13.2 Å². The zero-order valence-corrected chi connectivity index (χ0v) is 18.9. The fraction of sp³-hybridized carbons (Fsp3) is 0.348. The molecule has 4 aromatic heterocycles. The first-order valence-corrected chi connectivity index (χ1v) is 11.2. The predicted molar refractivity (Wildman–Crippen MR) is 120 cm³/mol. The van der Waals surface area contributed by atoms with E-state index in [1.807, 2.05) is 16.8 Å². The van der Waals surface area contributed by atoms with Crippen molar-refractivity contribution in [2.75, 3.05) is 0 Å². The predicted octanol–water partition coefficient (Wildman–Crippen LogP) is 5.73. The van der Waals surface area contributed by atoms with Crippen LogP contribution in [0.1, 0.15) is 31.5 Å². The molecule has 7 nitrogen and oxygen atoms in total. The van der Waals surface area contributed by atoms with E-state index in [9.17, 15) is 13.2 Å². The van der Waals surface area contributed by atoms with Gasteiger partial charge in [0.05, 0.1) is 23.3 Å². The molecule has 5 rings (SSSR count). The van der Waals surface area contributed by atoms with Crippen molar-refractivity contribution in [3.63, 3.8) is 0 Å². The van der Waals surface area contributed by atoms with Crippen LogP contribution in [0.25, 0.3) is 28.0 Å². The number of fused-ring (bicyclic) bond motifs is 1. The van der Waals surface area contributed by atoms with Crippen molar-refractivity contribution in [1.82, 2.24) is 29.5 Å². The smallest absolute Gasteiger partial charge is 0.391 e. The topological polar surface area (TPSA) is 78.6 Å². The van der Waals surface area contributed by atoms with Gasteiger partial charge in [-0.15, -0.1) is 0 Å². The van der Waals surface area contributed by atoms with E-state index in [2.05, 4.69) is 24.9 Å². The molecule has 176 valence electrons. The number of hydrogen-bond acceptors (Lipinski definition) is 6. The van der Waals surface area contributed by atoms with Gasteiger partial charge >= 0.3 is 6.18 Å². The monoisotopic (exact) mass is 488 g/mol. The Kier molecular flexibility index (Phi) is 5.85. The van der Waals surface area contributed by atoms with Gasteiger partial charge in [-0.25, -0.2) is 15.0 Å². The zero-order valence-electron chi connectivity index (χ0n) is 18.1. The second kappa shape index (κ2) is 8.83. The highest BCUT2D eigenvalue weighted by Crippen LogP contribution is 2.39. The van der Waals surface area contributed by atoms with E-state index >= 15 is 0 Å². The van der Waals surface area contributed by atoms with Crippen molar-refractivity contribution in [2.24, 2.45) is 5.92 Å². The average Bonchev–Trinajstić information content (AvgIpc) is 3.20. The van der Waals surface area contributed by atoms with E-state index in [4.69, 9.17) is 16.3 Å². The number of ether oxygens (including phenoxy) is 1. The van der Waals surface area contributed by atoms with E-state index in [-0.39, 0.29) is 18.9 Å². The molecule has 0 unspecified atom stereocenters. The normalized spacial score (nSPS) is 18.9. The second-order valence-corrected chi connectivity index (χ2v) is 8.60. The van der Waals surface area contributed by atoms with Crippen LogP contribution in [0.5, 0.6) is 5.88 Å². The maximum Gasteiger partial charge on any atom is 0.391 e. The molecule has 0 aromatic carbocycles. The Balaban J connectivity index is 1.49. The van der Waals surface area contributed by atoms with Gasteiger partial charge in [0.1, 0.15) is 17.1 Å². The van der Waals surface area contributed by atoms with Crippen LogP contribution in [0.3, 0.4) is 0 Å². The molecule has 0 radical (unpaired) electrons. The fourth-order valence-electron chi connectivity index (χ4n) is 4.36. The van der Waals surface area contributed by atoms with Crippen molar-refractivity contribution in [2.45, 2.75) is 44.9 Å². The molecule has 1 aliphatic carbocycles. The minimum absolute atomic E-state index is 0.0535. The highest BCUT2D eigenvalue weighted by atomic mass is 35.5. The lowest BCUT2D eigenvalue weighted by molar-refractivity contribution is -0.185. The molecule has 4 aromatic rings. The molecule has 0 spiro atoms. The fourth-order valence-corrected chi connectivity index (χ4v) is 4.61. The maximum absolute atomic E-state index is 13.0. The van der Waals surface area contributed by atoms with Gasteiger partial charge in [0.2, 0.25) is 5.88 Å². The number of pyridine rings is 1. The summed E-state index contributed by atoms with van der Waals surface area (Å²) in [5, 5.41) is 0.990. The van der Waals surface area contributed by atoms with E-state index in [0.29, 0.717) is 52.2 Å². The van der Waals surface area contributed by atoms with Gasteiger partial charge in [-0.2, -0.15) is 18.2 Å². The van der Waals surface area contributed by atoms with Gasteiger partial charge < -0.3 is 4.74 Å². The van der Waals surface area contributed by atoms with Crippen LogP contribution in [0.2, 0.25) is 5.15 Å². The van der Waals surface area contributed by atoms with E-state index < -0.39 is 12.1 Å². The lowest BCUT2D eigenvalue weighted by Gasteiger charge is -2.29. The van der Waals surface area contributed by atoms with E-state index in [0.717, 1.165) is 5.52 Å². The molecule has 1 fully saturated rings. The van der Waals surface area contributed by atoms with Gasteiger partial charge in [0.15, 0.2) is 5.82 Å². The van der Waals surface area contributed by atoms with Crippen molar-refractivity contribution < 1.29 is 17.9 Å². The molecule has 0 aliphatic heterocycles. The van der Waals surface area contributed by atoms with Gasteiger partial charge in [-0.3, -0.25) is 9.55 Å². The quantitative estimate of drug-likeness (QED) is 0.341. The summed E-state index contributed by atoms with van der Waals surface area (Å²) in [5.74, 6) is 0.122. The van der Waals surface area contributed by atoms with Crippen LogP contribution in [-0.2, 0) is 0 Å². The first kappa shape index (κ1) is 22.5. The first-order chi connectivity index (χ1) is 16.3. The lowest BCUT2D eigenvalue weighted by atomic mass is 9.87. The number of aryl methyl sites for hydroxylation is 1. The maximum atomic E-state index is 13.0. The molecule has 1 saturated carbocycles. The highest BCUT2D eigenvalue weighted by molar-refractivity contribution is 6.35. The molecule has 34 heavy (non-hydrogen) atoms. The molecule has 4 heterocycles. The van der Waals surface area contributed by atoms with E-state index in [1.165, 1.54) is 0 Å². The van der Waals surface area contributed by atoms with Crippen LogP contribution in [-0.4, -0.2) is 41.8 Å². The third-order valence-electron chi connectivity index (χ3n) is 5.98. The van der Waals surface area contributed by atoms with Gasteiger partial charge in [-0.05, 0) is 38.7 Å². The van der Waals surface area contributed by atoms with Crippen LogP contribution < -0.4 is 4.74 Å². The Bertz CT molecular complexity index is 1320. The Hall–Kier alpha value is -3.27. The summed E-state index contributed by atoms with van der Waals surface area (Å²) >= 11 is 6.47. The Morgan fingerprint density at radius 2 is 1.85 bits per heavy atom. The number of alkyl halides is 3. The van der Waals surface area contributed by atoms with Gasteiger partial charge in [0.25, 0.3) is 0 Å². The van der Waals surface area contributed by atoms with Crippen LogP contribution in [0, 0.1) is 12.8 Å². The summed E-state index contributed by atoms with van der Waals surface area (Å²) in [6.45, 7) is 1.73. The minimum Gasteiger partial charge on any atom is -0.474 e. The summed E-state index contributed by atoms with van der Waals surface area (Å²) in [6, 6.07) is 3.51. The molecule has 0 N–H and O–H groups in total. The third-order valence-corrected chi connectivity index (χ3v) is 6.27. The Morgan fingerprint density at radius 3 is 2.56 bits per heavy atom. The highest BCUT2D eigenvalue weighted by Gasteiger charge is 2.41. The molecule has 0 amide bonds. The van der Waals surface area contributed by atoms with Crippen molar-refractivity contribution in [3.05, 3.63) is 54.1 Å². The van der Waals surface area contributed by atoms with E-state index in [1.54, 1.807) is 37.8 Å². The zero-order chi connectivity index (χ0) is 23.9. The molecule has 11 heteroatoms. The Labute approximate surface area is 198 Å². The standard InChI is InChI=1S/C23H20ClF3N6O/c1-13-31-17(10-20(32-13)34-15-4-2-14(3-5-15)23(25,26)27)16-12-33(19-11-28-8-9-29-19)18-6-7-30-22(24)21(16)18/h6-12,14-15H,2-5H2,1H3. The number of hydrogen-bond donors (Lipinski definition) is 0. The number of rotatable bonds is 4. The summed E-state index contributed by atoms with van der Waals surface area (Å²) in [6.07, 6.45) is 4.54. The van der Waals surface area contributed by atoms with Gasteiger partial charge in [-0.1, -0.05) is 11.6 Å². The van der Waals surface area contributed by atoms with Crippen LogP contribution >= 0.6 is 11.6 Å². The number of aromatic nitrogens is 6. The van der Waals surface area contributed by atoms with Crippen LogP contribution in [0.15, 0.2) is 43.1 Å². The Morgan fingerprint density at radius 1 is 1.06 bits per heavy atom. The van der Waals surface area contributed by atoms with Crippen molar-refractivity contribution in [1.29, 1.82) is 0 Å². The SMILES string of the molecule is Cc1nc(OC2CCC(C(F)(F)F)CC2)cc(-c2cn(-c3cnccn3)c3ccnc(Cl)c23)n1. The molecule has 1 aliphatic rings.